The summed E-state index contributed by atoms with van der Waals surface area (Å²) in [6.07, 6.45) is 1.45. The van der Waals surface area contributed by atoms with Crippen LogP contribution >= 0.6 is 27.3 Å². The molecule has 8 nitrogen and oxygen atoms in total. The number of aliphatic hydroxyl groups is 1. The summed E-state index contributed by atoms with van der Waals surface area (Å²) in [5, 5.41) is 11.5. The van der Waals surface area contributed by atoms with Gasteiger partial charge in [0, 0.05) is 10.0 Å². The summed E-state index contributed by atoms with van der Waals surface area (Å²) in [6.45, 7) is 6.95. The molecule has 0 spiro atoms. The number of Topliss-reactive ketones (excluding diaryl/α,β-unsaturated/α-hetero) is 1. The zero-order chi connectivity index (χ0) is 26.9. The standard InChI is InChI=1S/C27H23BrN2O6S/c1-5-11-36-26(34)24-15(3)29-27(37-24)30-21(16-7-6-8-17(28)13-16)20(23(32)25(30)33)22(31)19-10-9-18(35-4)12-14(19)2/h5-10,12-13,21,31H,1,11H2,2-4H3/t21-/m1/s1. The highest BCUT2D eigenvalue weighted by Crippen LogP contribution is 2.44. The largest absolute Gasteiger partial charge is 0.507 e. The van der Waals surface area contributed by atoms with Crippen LogP contribution in [0.15, 0.2) is 65.2 Å². The lowest BCUT2D eigenvalue weighted by molar-refractivity contribution is -0.132. The number of hydrogen-bond donors (Lipinski definition) is 1. The van der Waals surface area contributed by atoms with Crippen LogP contribution in [-0.4, -0.2) is 41.5 Å². The Morgan fingerprint density at radius 1 is 1.24 bits per heavy atom. The minimum atomic E-state index is -0.985. The van der Waals surface area contributed by atoms with Crippen LogP contribution in [0, 0.1) is 13.8 Å². The van der Waals surface area contributed by atoms with Crippen molar-refractivity contribution in [2.75, 3.05) is 18.6 Å². The molecule has 37 heavy (non-hydrogen) atoms. The van der Waals surface area contributed by atoms with Gasteiger partial charge in [-0.25, -0.2) is 9.78 Å². The van der Waals surface area contributed by atoms with Gasteiger partial charge in [-0.15, -0.1) is 0 Å². The second-order valence-corrected chi connectivity index (χ2v) is 10.1. The first-order valence-corrected chi connectivity index (χ1v) is 12.8. The molecule has 0 saturated carbocycles. The van der Waals surface area contributed by atoms with Crippen molar-refractivity contribution in [3.05, 3.63) is 92.4 Å². The first-order valence-electron chi connectivity index (χ1n) is 11.1. The second-order valence-electron chi connectivity index (χ2n) is 8.20. The van der Waals surface area contributed by atoms with Gasteiger partial charge in [0.2, 0.25) is 0 Å². The van der Waals surface area contributed by atoms with Gasteiger partial charge in [0.25, 0.3) is 5.78 Å². The molecule has 1 atom stereocenters. The minimum Gasteiger partial charge on any atom is -0.507 e. The molecule has 4 rings (SSSR count). The normalized spacial score (nSPS) is 16.6. The first kappa shape index (κ1) is 26.3. The van der Waals surface area contributed by atoms with Crippen LogP contribution < -0.4 is 9.64 Å². The van der Waals surface area contributed by atoms with Gasteiger partial charge < -0.3 is 14.6 Å². The average molecular weight is 583 g/mol. The number of rotatable bonds is 7. The Balaban J connectivity index is 1.90. The number of esters is 1. The number of hydrogen-bond acceptors (Lipinski definition) is 8. The van der Waals surface area contributed by atoms with Gasteiger partial charge in [0.05, 0.1) is 24.4 Å². The third kappa shape index (κ3) is 4.94. The number of anilines is 1. The van der Waals surface area contributed by atoms with Crippen molar-refractivity contribution in [1.82, 2.24) is 4.98 Å². The molecule has 1 N–H and O–H groups in total. The Hall–Kier alpha value is -3.76. The summed E-state index contributed by atoms with van der Waals surface area (Å²) in [7, 11) is 1.53. The van der Waals surface area contributed by atoms with Crippen molar-refractivity contribution < 1.29 is 29.0 Å². The zero-order valence-electron chi connectivity index (χ0n) is 20.3. The maximum Gasteiger partial charge on any atom is 0.350 e. The maximum atomic E-state index is 13.4. The number of thiazole rings is 1. The Bertz CT molecular complexity index is 1460. The molecule has 0 unspecified atom stereocenters. The van der Waals surface area contributed by atoms with Crippen LogP contribution in [0.1, 0.15) is 38.1 Å². The van der Waals surface area contributed by atoms with E-state index in [0.717, 1.165) is 15.8 Å². The molecule has 2 heterocycles. The first-order chi connectivity index (χ1) is 17.7. The van der Waals surface area contributed by atoms with Crippen LogP contribution in [-0.2, 0) is 14.3 Å². The van der Waals surface area contributed by atoms with Gasteiger partial charge in [0.15, 0.2) is 5.13 Å². The van der Waals surface area contributed by atoms with Gasteiger partial charge in [-0.2, -0.15) is 0 Å². The van der Waals surface area contributed by atoms with E-state index in [1.807, 2.05) is 6.07 Å². The van der Waals surface area contributed by atoms with E-state index in [0.29, 0.717) is 28.1 Å². The molecule has 190 valence electrons. The molecule has 10 heteroatoms. The zero-order valence-corrected chi connectivity index (χ0v) is 22.7. The molecule has 0 radical (unpaired) electrons. The predicted octanol–water partition coefficient (Wildman–Crippen LogP) is 5.50. The van der Waals surface area contributed by atoms with E-state index in [1.165, 1.54) is 18.1 Å². The third-order valence-corrected chi connectivity index (χ3v) is 7.44. The van der Waals surface area contributed by atoms with E-state index in [9.17, 15) is 19.5 Å². The Kier molecular flexibility index (Phi) is 7.60. The number of aliphatic hydroxyl groups excluding tert-OH is 1. The molecule has 1 amide bonds. The van der Waals surface area contributed by atoms with Crippen LogP contribution in [0.5, 0.6) is 5.75 Å². The van der Waals surface area contributed by atoms with Gasteiger partial charge in [-0.05, 0) is 55.3 Å². The summed E-state index contributed by atoms with van der Waals surface area (Å²) in [5.74, 6) is -2.05. The number of carbonyl (C=O) groups is 3. The lowest BCUT2D eigenvalue weighted by atomic mass is 9.94. The quantitative estimate of drug-likeness (QED) is 0.129. The number of nitrogens with zero attached hydrogens (tertiary/aromatic N) is 2. The lowest BCUT2D eigenvalue weighted by Crippen LogP contribution is -2.29. The SMILES string of the molecule is C=CCOC(=O)c1sc(N2C(=O)C(=O)C(=C(O)c3ccc(OC)cc3C)[C@H]2c2cccc(Br)c2)nc1C. The predicted molar refractivity (Wildman–Crippen MR) is 144 cm³/mol. The Morgan fingerprint density at radius 2 is 2.00 bits per heavy atom. The van der Waals surface area contributed by atoms with Crippen molar-refractivity contribution in [3.63, 3.8) is 0 Å². The molecule has 3 aromatic rings. The number of benzene rings is 2. The number of aromatic nitrogens is 1. The highest BCUT2D eigenvalue weighted by molar-refractivity contribution is 9.10. The average Bonchev–Trinajstić information content (AvgIpc) is 3.38. The molecular weight excluding hydrogens is 560 g/mol. The number of amides is 1. The van der Waals surface area contributed by atoms with Crippen molar-refractivity contribution in [2.24, 2.45) is 0 Å². The van der Waals surface area contributed by atoms with E-state index < -0.39 is 23.7 Å². The molecule has 1 saturated heterocycles. The summed E-state index contributed by atoms with van der Waals surface area (Å²) in [4.78, 5) is 45.2. The molecule has 1 aromatic heterocycles. The number of carbonyl (C=O) groups excluding carboxylic acids is 3. The van der Waals surface area contributed by atoms with Crippen molar-refractivity contribution in [3.8, 4) is 5.75 Å². The van der Waals surface area contributed by atoms with E-state index in [2.05, 4.69) is 27.5 Å². The Labute approximate surface area is 226 Å². The van der Waals surface area contributed by atoms with E-state index in [-0.39, 0.29) is 27.9 Å². The van der Waals surface area contributed by atoms with Crippen LogP contribution in [0.3, 0.4) is 0 Å². The number of ether oxygens (including phenoxy) is 2. The fourth-order valence-corrected chi connectivity index (χ4v) is 5.47. The lowest BCUT2D eigenvalue weighted by Gasteiger charge is -2.23. The minimum absolute atomic E-state index is 0.0231. The third-order valence-electron chi connectivity index (χ3n) is 5.81. The van der Waals surface area contributed by atoms with Crippen molar-refractivity contribution in [1.29, 1.82) is 0 Å². The van der Waals surface area contributed by atoms with Crippen LogP contribution in [0.25, 0.3) is 5.76 Å². The fourth-order valence-electron chi connectivity index (χ4n) is 4.07. The molecule has 2 aromatic carbocycles. The second kappa shape index (κ2) is 10.7. The smallest absolute Gasteiger partial charge is 0.350 e. The highest BCUT2D eigenvalue weighted by Gasteiger charge is 2.48. The monoisotopic (exact) mass is 582 g/mol. The van der Waals surface area contributed by atoms with E-state index in [4.69, 9.17) is 9.47 Å². The maximum absolute atomic E-state index is 13.4. The molecule has 1 aliphatic heterocycles. The topological polar surface area (TPSA) is 106 Å². The van der Waals surface area contributed by atoms with Crippen LogP contribution in [0.4, 0.5) is 5.13 Å². The molecule has 1 aliphatic rings. The number of aryl methyl sites for hydroxylation is 2. The number of methoxy groups -OCH3 is 1. The van der Waals surface area contributed by atoms with Crippen molar-refractivity contribution in [2.45, 2.75) is 19.9 Å². The fraction of sp³-hybridized carbons (Fsp3) is 0.185. The van der Waals surface area contributed by atoms with Gasteiger partial charge in [-0.1, -0.05) is 52.1 Å². The van der Waals surface area contributed by atoms with Crippen LogP contribution in [0.2, 0.25) is 0 Å². The van der Waals surface area contributed by atoms with E-state index in [1.54, 1.807) is 50.2 Å². The summed E-state index contributed by atoms with van der Waals surface area (Å²) in [5.41, 5.74) is 1.90. The summed E-state index contributed by atoms with van der Waals surface area (Å²) >= 11 is 4.38. The summed E-state index contributed by atoms with van der Waals surface area (Å²) in [6, 6.07) is 11.1. The molecule has 0 aliphatic carbocycles. The number of halogens is 1. The van der Waals surface area contributed by atoms with Gasteiger partial charge in [0.1, 0.15) is 23.0 Å². The Morgan fingerprint density at radius 3 is 2.65 bits per heavy atom. The molecule has 1 fully saturated rings. The highest BCUT2D eigenvalue weighted by atomic mass is 79.9. The van der Waals surface area contributed by atoms with Gasteiger partial charge in [-0.3, -0.25) is 14.5 Å². The number of ketones is 1. The van der Waals surface area contributed by atoms with Crippen molar-refractivity contribution >= 4 is 55.8 Å². The molecular formula is C27H23BrN2O6S. The van der Waals surface area contributed by atoms with Gasteiger partial charge >= 0.3 is 11.9 Å². The molecule has 0 bridgehead atoms. The van der Waals surface area contributed by atoms with E-state index >= 15 is 0 Å². The summed E-state index contributed by atoms with van der Waals surface area (Å²) < 4.78 is 11.1.